The van der Waals surface area contributed by atoms with Crippen LogP contribution in [0.4, 0.5) is 4.79 Å². The fraction of sp³-hybridized carbons (Fsp3) is 0.846. The maximum Gasteiger partial charge on any atom is 0.328 e. The molecule has 20 heavy (non-hydrogen) atoms. The molecule has 0 bridgehead atoms. The van der Waals surface area contributed by atoms with Crippen LogP contribution in [0.1, 0.15) is 19.3 Å². The van der Waals surface area contributed by atoms with Gasteiger partial charge in [0.25, 0.3) is 0 Å². The normalized spacial score (nSPS) is 18.2. The van der Waals surface area contributed by atoms with Gasteiger partial charge in [0.1, 0.15) is 0 Å². The highest BCUT2D eigenvalue weighted by atomic mass is 16.5. The van der Waals surface area contributed by atoms with Gasteiger partial charge in [-0.25, -0.2) is 9.59 Å². The largest absolute Gasteiger partial charge is 0.480 e. The Kier molecular flexibility index (Phi) is 5.76. The lowest BCUT2D eigenvalue weighted by molar-refractivity contribution is -0.140. The van der Waals surface area contributed by atoms with E-state index in [0.717, 1.165) is 19.3 Å². The van der Waals surface area contributed by atoms with Crippen LogP contribution in [0.25, 0.3) is 0 Å². The fourth-order valence-corrected chi connectivity index (χ4v) is 2.45. The third kappa shape index (κ3) is 3.83. The summed E-state index contributed by atoms with van der Waals surface area (Å²) in [5, 5.41) is 11.5. The van der Waals surface area contributed by atoms with Crippen molar-refractivity contribution in [3.63, 3.8) is 0 Å². The number of amides is 2. The number of nitrogens with zero attached hydrogens (tertiary/aromatic N) is 2. The van der Waals surface area contributed by atoms with Gasteiger partial charge in [0.05, 0.1) is 6.61 Å². The van der Waals surface area contributed by atoms with Crippen LogP contribution in [0.2, 0.25) is 0 Å². The molecule has 2 N–H and O–H groups in total. The van der Waals surface area contributed by atoms with E-state index >= 15 is 0 Å². The summed E-state index contributed by atoms with van der Waals surface area (Å²) in [6.07, 6.45) is 3.27. The van der Waals surface area contributed by atoms with Crippen LogP contribution in [0.5, 0.6) is 0 Å². The van der Waals surface area contributed by atoms with E-state index in [4.69, 9.17) is 9.84 Å². The molecule has 1 saturated carbocycles. The minimum absolute atomic E-state index is 0.0199. The number of carboxylic acids is 1. The lowest BCUT2D eigenvalue weighted by Crippen LogP contribution is -2.59. The third-order valence-electron chi connectivity index (χ3n) is 4.04. The second-order valence-electron chi connectivity index (χ2n) is 5.62. The smallest absolute Gasteiger partial charge is 0.328 e. The molecule has 0 heterocycles. The van der Waals surface area contributed by atoms with E-state index in [1.165, 1.54) is 7.11 Å². The summed E-state index contributed by atoms with van der Waals surface area (Å²) in [5.41, 5.74) is 0.0199. The quantitative estimate of drug-likeness (QED) is 0.699. The SMILES string of the molecule is COCC(NC(=O)N(C)CC1(N(C)C)CCC1)C(=O)O. The van der Waals surface area contributed by atoms with Crippen LogP contribution in [0.3, 0.4) is 0 Å². The molecule has 0 spiro atoms. The molecular weight excluding hydrogens is 262 g/mol. The van der Waals surface area contributed by atoms with Crippen LogP contribution in [-0.4, -0.2) is 79.9 Å². The number of rotatable bonds is 7. The molecule has 7 nitrogen and oxygen atoms in total. The van der Waals surface area contributed by atoms with E-state index in [9.17, 15) is 9.59 Å². The van der Waals surface area contributed by atoms with Gasteiger partial charge < -0.3 is 25.0 Å². The van der Waals surface area contributed by atoms with E-state index in [2.05, 4.69) is 10.2 Å². The molecule has 1 aliphatic carbocycles. The maximum atomic E-state index is 12.1. The first kappa shape index (κ1) is 16.7. The summed E-state index contributed by atoms with van der Waals surface area (Å²) in [6.45, 7) is 0.541. The molecule has 7 heteroatoms. The predicted octanol–water partition coefficient (Wildman–Crippen LogP) is 0.212. The second-order valence-corrected chi connectivity index (χ2v) is 5.62. The minimum atomic E-state index is -1.10. The molecule has 2 amide bonds. The second kappa shape index (κ2) is 6.90. The Morgan fingerprint density at radius 3 is 2.30 bits per heavy atom. The van der Waals surface area contributed by atoms with Crippen LogP contribution in [-0.2, 0) is 9.53 Å². The lowest BCUT2D eigenvalue weighted by Gasteiger charge is -2.49. The number of aliphatic carboxylic acids is 1. The first-order valence-electron chi connectivity index (χ1n) is 6.73. The Morgan fingerprint density at radius 1 is 1.35 bits per heavy atom. The maximum absolute atomic E-state index is 12.1. The molecule has 116 valence electrons. The highest BCUT2D eigenvalue weighted by Crippen LogP contribution is 2.36. The van der Waals surface area contributed by atoms with Gasteiger partial charge in [-0.05, 0) is 33.4 Å². The first-order valence-corrected chi connectivity index (χ1v) is 6.73. The highest BCUT2D eigenvalue weighted by Gasteiger charge is 2.40. The molecule has 1 atom stereocenters. The number of likely N-dealkylation sites (N-methyl/N-ethyl adjacent to an activating group) is 2. The van der Waals surface area contributed by atoms with Gasteiger partial charge in [0.2, 0.25) is 0 Å². The van der Waals surface area contributed by atoms with Gasteiger partial charge in [0, 0.05) is 26.2 Å². The average Bonchev–Trinajstić information content (AvgIpc) is 2.31. The van der Waals surface area contributed by atoms with E-state index in [0.29, 0.717) is 6.54 Å². The molecule has 0 aromatic carbocycles. The first-order chi connectivity index (χ1) is 9.32. The average molecular weight is 287 g/mol. The zero-order valence-corrected chi connectivity index (χ0v) is 12.7. The number of hydrogen-bond donors (Lipinski definition) is 2. The Balaban J connectivity index is 2.56. The van der Waals surface area contributed by atoms with Gasteiger partial charge in [0.15, 0.2) is 6.04 Å². The summed E-state index contributed by atoms with van der Waals surface area (Å²) in [6, 6.07) is -1.41. The predicted molar refractivity (Wildman–Crippen MR) is 74.7 cm³/mol. The van der Waals surface area contributed by atoms with Gasteiger partial charge in [-0.3, -0.25) is 0 Å². The number of hydrogen-bond acceptors (Lipinski definition) is 4. The highest BCUT2D eigenvalue weighted by molar-refractivity contribution is 5.82. The number of carbonyl (C=O) groups is 2. The standard InChI is InChI=1S/C13H25N3O4/c1-15(2)13(6-5-7-13)9-16(3)12(19)14-10(8-20-4)11(17)18/h10H,5-9H2,1-4H3,(H,14,19)(H,17,18). The summed E-state index contributed by atoms with van der Waals surface area (Å²) >= 11 is 0. The topological polar surface area (TPSA) is 82.1 Å². The van der Waals surface area contributed by atoms with Crippen molar-refractivity contribution in [2.24, 2.45) is 0 Å². The molecule has 1 aliphatic rings. The number of methoxy groups -OCH3 is 1. The fourth-order valence-electron chi connectivity index (χ4n) is 2.45. The molecule has 0 aromatic rings. The summed E-state index contributed by atoms with van der Waals surface area (Å²) in [7, 11) is 7.11. The number of urea groups is 1. The van der Waals surface area contributed by atoms with E-state index in [1.807, 2.05) is 14.1 Å². The molecule has 1 unspecified atom stereocenters. The third-order valence-corrected chi connectivity index (χ3v) is 4.04. The molecule has 0 saturated heterocycles. The minimum Gasteiger partial charge on any atom is -0.480 e. The van der Waals surface area contributed by atoms with E-state index in [1.54, 1.807) is 11.9 Å². The van der Waals surface area contributed by atoms with Crippen molar-refractivity contribution in [2.75, 3.05) is 41.4 Å². The molecule has 1 fully saturated rings. The number of nitrogens with one attached hydrogen (secondary N) is 1. The van der Waals surface area contributed by atoms with Gasteiger partial charge in [-0.15, -0.1) is 0 Å². The van der Waals surface area contributed by atoms with Crippen molar-refractivity contribution >= 4 is 12.0 Å². The Morgan fingerprint density at radius 2 is 1.95 bits per heavy atom. The van der Waals surface area contributed by atoms with Crippen LogP contribution in [0.15, 0.2) is 0 Å². The van der Waals surface area contributed by atoms with Crippen molar-refractivity contribution in [2.45, 2.75) is 30.8 Å². The summed E-state index contributed by atoms with van der Waals surface area (Å²) < 4.78 is 4.80. The zero-order valence-electron chi connectivity index (χ0n) is 12.7. The van der Waals surface area contributed by atoms with Gasteiger partial charge >= 0.3 is 12.0 Å². The van der Waals surface area contributed by atoms with Crippen molar-refractivity contribution in [1.29, 1.82) is 0 Å². The lowest BCUT2D eigenvalue weighted by atomic mass is 9.75. The molecular formula is C13H25N3O4. The number of carboxylic acid groups (broad SMARTS) is 1. The van der Waals surface area contributed by atoms with E-state index in [-0.39, 0.29) is 18.2 Å². The van der Waals surface area contributed by atoms with E-state index < -0.39 is 12.0 Å². The van der Waals surface area contributed by atoms with Gasteiger partial charge in [-0.1, -0.05) is 0 Å². The van der Waals surface area contributed by atoms with Crippen LogP contribution < -0.4 is 5.32 Å². The van der Waals surface area contributed by atoms with Crippen molar-refractivity contribution in [1.82, 2.24) is 15.1 Å². The Bertz CT molecular complexity index is 356. The monoisotopic (exact) mass is 287 g/mol. The molecule has 1 rings (SSSR count). The molecule has 0 aliphatic heterocycles. The van der Waals surface area contributed by atoms with Crippen molar-refractivity contribution in [3.05, 3.63) is 0 Å². The summed E-state index contributed by atoms with van der Waals surface area (Å²) in [5.74, 6) is -1.10. The number of carbonyl (C=O) groups excluding carboxylic acids is 1. The summed E-state index contributed by atoms with van der Waals surface area (Å²) in [4.78, 5) is 26.7. The van der Waals surface area contributed by atoms with Crippen molar-refractivity contribution < 1.29 is 19.4 Å². The number of ether oxygens (including phenoxy) is 1. The van der Waals surface area contributed by atoms with Crippen LogP contribution >= 0.6 is 0 Å². The molecule has 0 radical (unpaired) electrons. The Labute approximate surface area is 119 Å². The van der Waals surface area contributed by atoms with Crippen molar-refractivity contribution in [3.8, 4) is 0 Å². The Hall–Kier alpha value is -1.34. The van der Waals surface area contributed by atoms with Gasteiger partial charge in [-0.2, -0.15) is 0 Å². The zero-order chi connectivity index (χ0) is 15.3. The molecule has 0 aromatic heterocycles. The van der Waals surface area contributed by atoms with Crippen LogP contribution in [0, 0.1) is 0 Å².